The van der Waals surface area contributed by atoms with Crippen LogP contribution in [0.4, 0.5) is 0 Å². The molecule has 0 amide bonds. The van der Waals surface area contributed by atoms with Gasteiger partial charge in [-0.3, -0.25) is 0 Å². The molecule has 25 heavy (non-hydrogen) atoms. The van der Waals surface area contributed by atoms with Gasteiger partial charge in [-0.05, 0) is 36.5 Å². The Labute approximate surface area is 154 Å². The van der Waals surface area contributed by atoms with Crippen molar-refractivity contribution >= 4 is 11.9 Å². The van der Waals surface area contributed by atoms with Crippen molar-refractivity contribution in [1.29, 1.82) is 0 Å². The summed E-state index contributed by atoms with van der Waals surface area (Å²) in [6, 6.07) is 0. The number of carbonyl (C=O) groups excluding carboxylic acids is 2. The standard InChI is InChI=1S/C21H38O4/c1-9-10-11-17(19(22)24-13-15(2)3)18(12-21(6,7)8)20(23)25-14-16(4)5/h15-16H,9-14H2,1-8H3. The van der Waals surface area contributed by atoms with Crippen LogP contribution in [0.15, 0.2) is 11.1 Å². The molecule has 0 aliphatic heterocycles. The Morgan fingerprint density at radius 1 is 0.840 bits per heavy atom. The number of hydrogen-bond acceptors (Lipinski definition) is 4. The van der Waals surface area contributed by atoms with E-state index in [2.05, 4.69) is 27.7 Å². The molecule has 0 N–H and O–H groups in total. The summed E-state index contributed by atoms with van der Waals surface area (Å²) in [6.07, 6.45) is 2.84. The highest BCUT2D eigenvalue weighted by atomic mass is 16.5. The molecule has 4 nitrogen and oxygen atoms in total. The molecule has 0 aromatic rings. The van der Waals surface area contributed by atoms with Crippen LogP contribution in [0.2, 0.25) is 0 Å². The van der Waals surface area contributed by atoms with Crippen molar-refractivity contribution in [3.63, 3.8) is 0 Å². The summed E-state index contributed by atoms with van der Waals surface area (Å²) < 4.78 is 10.9. The summed E-state index contributed by atoms with van der Waals surface area (Å²) in [6.45, 7) is 16.9. The highest BCUT2D eigenvalue weighted by molar-refractivity contribution is 6.00. The summed E-state index contributed by atoms with van der Waals surface area (Å²) in [7, 11) is 0. The fraction of sp³-hybridized carbons (Fsp3) is 0.810. The van der Waals surface area contributed by atoms with Crippen molar-refractivity contribution in [3.8, 4) is 0 Å². The van der Waals surface area contributed by atoms with Gasteiger partial charge in [0.25, 0.3) is 0 Å². The van der Waals surface area contributed by atoms with Crippen LogP contribution in [0.3, 0.4) is 0 Å². The Kier molecular flexibility index (Phi) is 10.7. The average molecular weight is 355 g/mol. The van der Waals surface area contributed by atoms with Gasteiger partial charge in [-0.25, -0.2) is 9.59 Å². The van der Waals surface area contributed by atoms with Crippen LogP contribution >= 0.6 is 0 Å². The van der Waals surface area contributed by atoms with E-state index in [1.54, 1.807) is 0 Å². The average Bonchev–Trinajstić information content (AvgIpc) is 2.48. The second-order valence-electron chi connectivity index (χ2n) is 8.78. The second-order valence-corrected chi connectivity index (χ2v) is 8.78. The van der Waals surface area contributed by atoms with Crippen LogP contribution in [-0.2, 0) is 19.1 Å². The maximum atomic E-state index is 12.7. The molecule has 0 unspecified atom stereocenters. The zero-order valence-electron chi connectivity index (χ0n) is 17.5. The molecule has 0 aliphatic carbocycles. The third-order valence-corrected chi connectivity index (χ3v) is 3.44. The van der Waals surface area contributed by atoms with Crippen molar-refractivity contribution < 1.29 is 19.1 Å². The number of ether oxygens (including phenoxy) is 2. The van der Waals surface area contributed by atoms with Crippen LogP contribution in [-0.4, -0.2) is 25.2 Å². The van der Waals surface area contributed by atoms with Gasteiger partial charge in [0.05, 0.1) is 13.2 Å². The van der Waals surface area contributed by atoms with E-state index < -0.39 is 0 Å². The molecule has 0 aromatic carbocycles. The molecule has 146 valence electrons. The Morgan fingerprint density at radius 3 is 1.64 bits per heavy atom. The normalized spacial score (nSPS) is 13.0. The highest BCUT2D eigenvalue weighted by Crippen LogP contribution is 2.29. The van der Waals surface area contributed by atoms with Crippen LogP contribution < -0.4 is 0 Å². The SMILES string of the molecule is CCCCC(C(=O)OCC(C)C)=C(CC(C)(C)C)C(=O)OCC(C)C. The molecule has 0 bridgehead atoms. The van der Waals surface area contributed by atoms with Gasteiger partial charge in [-0.15, -0.1) is 0 Å². The van der Waals surface area contributed by atoms with Crippen molar-refractivity contribution in [3.05, 3.63) is 11.1 Å². The van der Waals surface area contributed by atoms with E-state index in [-0.39, 0.29) is 29.2 Å². The van der Waals surface area contributed by atoms with Crippen LogP contribution in [0.1, 0.15) is 81.1 Å². The first kappa shape index (κ1) is 23.7. The first-order chi connectivity index (χ1) is 11.5. The topological polar surface area (TPSA) is 52.6 Å². The largest absolute Gasteiger partial charge is 0.462 e. The number of carbonyl (C=O) groups is 2. The summed E-state index contributed by atoms with van der Waals surface area (Å²) in [5.74, 6) is -0.235. The number of unbranched alkanes of at least 4 members (excludes halogenated alkanes) is 1. The molecule has 0 heterocycles. The fourth-order valence-electron chi connectivity index (χ4n) is 2.22. The predicted molar refractivity (Wildman–Crippen MR) is 102 cm³/mol. The fourth-order valence-corrected chi connectivity index (χ4v) is 2.22. The maximum Gasteiger partial charge on any atom is 0.334 e. The lowest BCUT2D eigenvalue weighted by molar-refractivity contribution is -0.143. The third-order valence-electron chi connectivity index (χ3n) is 3.44. The molecule has 0 aromatic heterocycles. The molecular formula is C21H38O4. The minimum Gasteiger partial charge on any atom is -0.462 e. The lowest BCUT2D eigenvalue weighted by Crippen LogP contribution is -2.22. The van der Waals surface area contributed by atoms with E-state index in [4.69, 9.17) is 9.47 Å². The Hall–Kier alpha value is -1.32. The first-order valence-electron chi connectivity index (χ1n) is 9.54. The van der Waals surface area contributed by atoms with E-state index in [0.717, 1.165) is 12.8 Å². The van der Waals surface area contributed by atoms with E-state index >= 15 is 0 Å². The summed E-state index contributed by atoms with van der Waals surface area (Å²) >= 11 is 0. The molecule has 4 heteroatoms. The van der Waals surface area contributed by atoms with Crippen molar-refractivity contribution in [2.75, 3.05) is 13.2 Å². The molecular weight excluding hydrogens is 316 g/mol. The zero-order valence-corrected chi connectivity index (χ0v) is 17.5. The van der Waals surface area contributed by atoms with Gasteiger partial charge in [0.15, 0.2) is 0 Å². The molecule has 0 rings (SSSR count). The summed E-state index contributed by atoms with van der Waals surface area (Å²) in [5.41, 5.74) is 0.851. The molecule has 0 radical (unpaired) electrons. The lowest BCUT2D eigenvalue weighted by Gasteiger charge is -2.22. The Morgan fingerprint density at radius 2 is 1.28 bits per heavy atom. The quantitative estimate of drug-likeness (QED) is 0.394. The van der Waals surface area contributed by atoms with Gasteiger partial charge in [0.1, 0.15) is 0 Å². The lowest BCUT2D eigenvalue weighted by atomic mass is 9.85. The van der Waals surface area contributed by atoms with Gasteiger partial charge in [0, 0.05) is 11.1 Å². The zero-order chi connectivity index (χ0) is 19.6. The minimum absolute atomic E-state index is 0.123. The molecule has 0 saturated carbocycles. The van der Waals surface area contributed by atoms with Gasteiger partial charge >= 0.3 is 11.9 Å². The molecule has 0 fully saturated rings. The van der Waals surface area contributed by atoms with E-state index in [0.29, 0.717) is 37.2 Å². The van der Waals surface area contributed by atoms with Crippen molar-refractivity contribution in [2.45, 2.75) is 81.1 Å². The summed E-state index contributed by atoms with van der Waals surface area (Å²) in [4.78, 5) is 25.3. The van der Waals surface area contributed by atoms with Crippen molar-refractivity contribution in [1.82, 2.24) is 0 Å². The number of hydrogen-bond donors (Lipinski definition) is 0. The maximum absolute atomic E-state index is 12.7. The second kappa shape index (κ2) is 11.3. The molecule has 0 aliphatic rings. The van der Waals surface area contributed by atoms with E-state index in [1.165, 1.54) is 0 Å². The molecule has 0 saturated heterocycles. The molecule has 0 spiro atoms. The predicted octanol–water partition coefficient (Wildman–Crippen LogP) is 5.31. The third kappa shape index (κ3) is 11.0. The van der Waals surface area contributed by atoms with Gasteiger partial charge in [0.2, 0.25) is 0 Å². The van der Waals surface area contributed by atoms with Gasteiger partial charge < -0.3 is 9.47 Å². The Balaban J connectivity index is 5.68. The minimum atomic E-state index is -0.378. The number of rotatable bonds is 10. The van der Waals surface area contributed by atoms with Crippen LogP contribution in [0.25, 0.3) is 0 Å². The first-order valence-corrected chi connectivity index (χ1v) is 9.54. The van der Waals surface area contributed by atoms with E-state index in [1.807, 2.05) is 27.7 Å². The van der Waals surface area contributed by atoms with Crippen LogP contribution in [0, 0.1) is 17.3 Å². The van der Waals surface area contributed by atoms with Gasteiger partial charge in [-0.1, -0.05) is 61.8 Å². The monoisotopic (exact) mass is 354 g/mol. The molecule has 0 atom stereocenters. The highest BCUT2D eigenvalue weighted by Gasteiger charge is 2.27. The smallest absolute Gasteiger partial charge is 0.334 e. The van der Waals surface area contributed by atoms with E-state index in [9.17, 15) is 9.59 Å². The van der Waals surface area contributed by atoms with Crippen LogP contribution in [0.5, 0.6) is 0 Å². The Bertz CT molecular complexity index is 453. The summed E-state index contributed by atoms with van der Waals surface area (Å²) in [5, 5.41) is 0. The van der Waals surface area contributed by atoms with Crippen molar-refractivity contribution in [2.24, 2.45) is 17.3 Å². The number of esters is 2. The van der Waals surface area contributed by atoms with Gasteiger partial charge in [-0.2, -0.15) is 0 Å².